The van der Waals surface area contributed by atoms with Crippen LogP contribution in [0.15, 0.2) is 0 Å². The van der Waals surface area contributed by atoms with Crippen LogP contribution in [0.1, 0.15) is 58.8 Å². The Hall–Kier alpha value is -0.570. The molecule has 0 rings (SSSR count). The smallest absolute Gasteiger partial charge is 0.305 e. The average Bonchev–Trinajstić information content (AvgIpc) is 2.28. The Kier molecular flexibility index (Phi) is 9.30. The van der Waals surface area contributed by atoms with Crippen molar-refractivity contribution in [1.82, 2.24) is 0 Å². The van der Waals surface area contributed by atoms with Crippen molar-refractivity contribution < 1.29 is 14.6 Å². The molecule has 0 radical (unpaired) electrons. The molecule has 0 saturated carbocycles. The third-order valence-corrected chi connectivity index (χ3v) is 2.98. The van der Waals surface area contributed by atoms with Crippen molar-refractivity contribution in [3.8, 4) is 0 Å². The van der Waals surface area contributed by atoms with Crippen LogP contribution in [0.2, 0.25) is 0 Å². The predicted molar refractivity (Wildman–Crippen MR) is 65.2 cm³/mol. The van der Waals surface area contributed by atoms with Crippen molar-refractivity contribution in [3.63, 3.8) is 0 Å². The van der Waals surface area contributed by atoms with Crippen molar-refractivity contribution in [2.24, 2.45) is 5.92 Å². The van der Waals surface area contributed by atoms with Gasteiger partial charge in [-0.2, -0.15) is 0 Å². The largest absolute Gasteiger partial charge is 0.469 e. The Balaban J connectivity index is 3.54. The van der Waals surface area contributed by atoms with Crippen LogP contribution in [0.5, 0.6) is 0 Å². The van der Waals surface area contributed by atoms with Crippen LogP contribution in [0.25, 0.3) is 0 Å². The molecular weight excluding hydrogens is 204 g/mol. The number of aliphatic hydroxyl groups excluding tert-OH is 1. The van der Waals surface area contributed by atoms with E-state index in [1.165, 1.54) is 32.8 Å². The van der Waals surface area contributed by atoms with Crippen molar-refractivity contribution >= 4 is 5.97 Å². The summed E-state index contributed by atoms with van der Waals surface area (Å²) in [5, 5.41) is 9.81. The van der Waals surface area contributed by atoms with Gasteiger partial charge in [0.2, 0.25) is 0 Å². The van der Waals surface area contributed by atoms with Gasteiger partial charge in [-0.3, -0.25) is 4.79 Å². The summed E-state index contributed by atoms with van der Waals surface area (Å²) in [6.07, 6.45) is 6.71. The zero-order valence-electron chi connectivity index (χ0n) is 10.9. The second-order valence-corrected chi connectivity index (χ2v) is 4.53. The first-order chi connectivity index (χ1) is 7.61. The van der Waals surface area contributed by atoms with Crippen LogP contribution in [0.4, 0.5) is 0 Å². The van der Waals surface area contributed by atoms with Gasteiger partial charge in [-0.25, -0.2) is 0 Å². The van der Waals surface area contributed by atoms with E-state index in [9.17, 15) is 9.90 Å². The molecule has 0 aliphatic carbocycles. The standard InChI is InChI=1S/C13H26O3/c1-4-5-6-7-8-9-12(14)11(2)10-13(15)16-3/h11-12,14H,4-10H2,1-3H3. The van der Waals surface area contributed by atoms with Crippen LogP contribution < -0.4 is 0 Å². The monoisotopic (exact) mass is 230 g/mol. The molecule has 0 aromatic heterocycles. The summed E-state index contributed by atoms with van der Waals surface area (Å²) in [4.78, 5) is 11.0. The van der Waals surface area contributed by atoms with Crippen molar-refractivity contribution in [1.29, 1.82) is 0 Å². The maximum Gasteiger partial charge on any atom is 0.305 e. The molecule has 2 atom stereocenters. The molecule has 2 unspecified atom stereocenters. The summed E-state index contributed by atoms with van der Waals surface area (Å²) in [6.45, 7) is 4.08. The Morgan fingerprint density at radius 1 is 1.25 bits per heavy atom. The quantitative estimate of drug-likeness (QED) is 0.489. The number of hydrogen-bond acceptors (Lipinski definition) is 3. The predicted octanol–water partition coefficient (Wildman–Crippen LogP) is 2.91. The van der Waals surface area contributed by atoms with E-state index < -0.39 is 0 Å². The normalized spacial score (nSPS) is 14.5. The molecule has 0 spiro atoms. The second kappa shape index (κ2) is 9.64. The molecule has 0 aromatic carbocycles. The molecule has 0 bridgehead atoms. The molecule has 3 nitrogen and oxygen atoms in total. The Bertz CT molecular complexity index is 180. The lowest BCUT2D eigenvalue weighted by Crippen LogP contribution is -2.21. The molecule has 1 N–H and O–H groups in total. The minimum atomic E-state index is -0.374. The molecule has 0 fully saturated rings. The highest BCUT2D eigenvalue weighted by Crippen LogP contribution is 2.16. The molecule has 3 heteroatoms. The first kappa shape index (κ1) is 15.4. The Morgan fingerprint density at radius 2 is 1.88 bits per heavy atom. The van der Waals surface area contributed by atoms with Crippen LogP contribution in [-0.2, 0) is 9.53 Å². The average molecular weight is 230 g/mol. The fraction of sp³-hybridized carbons (Fsp3) is 0.923. The number of unbranched alkanes of at least 4 members (excludes halogenated alkanes) is 4. The summed E-state index contributed by atoms with van der Waals surface area (Å²) in [7, 11) is 1.38. The summed E-state index contributed by atoms with van der Waals surface area (Å²) < 4.78 is 4.58. The van der Waals surface area contributed by atoms with E-state index in [-0.39, 0.29) is 18.0 Å². The van der Waals surface area contributed by atoms with Crippen molar-refractivity contribution in [3.05, 3.63) is 0 Å². The lowest BCUT2D eigenvalue weighted by atomic mass is 9.96. The molecule has 0 heterocycles. The zero-order chi connectivity index (χ0) is 12.4. The highest BCUT2D eigenvalue weighted by atomic mass is 16.5. The number of aliphatic hydroxyl groups is 1. The van der Waals surface area contributed by atoms with Crippen molar-refractivity contribution in [2.75, 3.05) is 7.11 Å². The molecule has 96 valence electrons. The summed E-state index contributed by atoms with van der Waals surface area (Å²) in [5.74, 6) is -0.240. The van der Waals surface area contributed by atoms with Gasteiger partial charge in [0.05, 0.1) is 19.6 Å². The summed E-state index contributed by atoms with van der Waals surface area (Å²) in [5.41, 5.74) is 0. The number of carbonyl (C=O) groups is 1. The fourth-order valence-corrected chi connectivity index (χ4v) is 1.72. The van der Waals surface area contributed by atoms with E-state index >= 15 is 0 Å². The number of carbonyl (C=O) groups excluding carboxylic acids is 1. The minimum absolute atomic E-state index is 0.00127. The number of rotatable bonds is 9. The fourth-order valence-electron chi connectivity index (χ4n) is 1.72. The van der Waals surface area contributed by atoms with Crippen LogP contribution in [0, 0.1) is 5.92 Å². The molecule has 0 aliphatic heterocycles. The first-order valence-electron chi connectivity index (χ1n) is 6.36. The van der Waals surface area contributed by atoms with Gasteiger partial charge in [0.15, 0.2) is 0 Å². The molecular formula is C13H26O3. The lowest BCUT2D eigenvalue weighted by Gasteiger charge is -2.17. The second-order valence-electron chi connectivity index (χ2n) is 4.53. The topological polar surface area (TPSA) is 46.5 Å². The highest BCUT2D eigenvalue weighted by Gasteiger charge is 2.17. The molecule has 0 amide bonds. The van der Waals surface area contributed by atoms with Gasteiger partial charge in [-0.15, -0.1) is 0 Å². The molecule has 0 aliphatic rings. The van der Waals surface area contributed by atoms with Gasteiger partial charge in [0.1, 0.15) is 0 Å². The SMILES string of the molecule is CCCCCCCC(O)C(C)CC(=O)OC. The van der Waals surface area contributed by atoms with Crippen molar-refractivity contribution in [2.45, 2.75) is 64.9 Å². The van der Waals surface area contributed by atoms with Gasteiger partial charge in [0.25, 0.3) is 0 Å². The minimum Gasteiger partial charge on any atom is -0.469 e. The van der Waals surface area contributed by atoms with Gasteiger partial charge in [-0.1, -0.05) is 46.0 Å². The first-order valence-corrected chi connectivity index (χ1v) is 6.36. The van der Waals surface area contributed by atoms with E-state index in [0.717, 1.165) is 12.8 Å². The third-order valence-electron chi connectivity index (χ3n) is 2.98. The number of esters is 1. The van der Waals surface area contributed by atoms with E-state index in [4.69, 9.17) is 0 Å². The highest BCUT2D eigenvalue weighted by molar-refractivity contribution is 5.69. The number of methoxy groups -OCH3 is 1. The van der Waals surface area contributed by atoms with E-state index in [1.54, 1.807) is 0 Å². The zero-order valence-corrected chi connectivity index (χ0v) is 10.9. The van der Waals surface area contributed by atoms with Gasteiger partial charge >= 0.3 is 5.97 Å². The van der Waals surface area contributed by atoms with Gasteiger partial charge in [-0.05, 0) is 12.3 Å². The summed E-state index contributed by atoms with van der Waals surface area (Å²) >= 11 is 0. The maximum atomic E-state index is 11.0. The van der Waals surface area contributed by atoms with Gasteiger partial charge in [0, 0.05) is 0 Å². The molecule has 0 aromatic rings. The number of hydrogen-bond donors (Lipinski definition) is 1. The molecule has 0 saturated heterocycles. The summed E-state index contributed by atoms with van der Waals surface area (Å²) in [6, 6.07) is 0. The Labute approximate surface area is 99.2 Å². The van der Waals surface area contributed by atoms with Crippen LogP contribution in [-0.4, -0.2) is 24.3 Å². The number of ether oxygens (including phenoxy) is 1. The van der Waals surface area contributed by atoms with Crippen LogP contribution in [0.3, 0.4) is 0 Å². The van der Waals surface area contributed by atoms with E-state index in [0.29, 0.717) is 6.42 Å². The third kappa shape index (κ3) is 7.69. The lowest BCUT2D eigenvalue weighted by molar-refractivity contribution is -0.142. The van der Waals surface area contributed by atoms with E-state index in [1.807, 2.05) is 6.92 Å². The van der Waals surface area contributed by atoms with E-state index in [2.05, 4.69) is 11.7 Å². The van der Waals surface area contributed by atoms with Crippen LogP contribution >= 0.6 is 0 Å². The maximum absolute atomic E-state index is 11.0. The Morgan fingerprint density at radius 3 is 2.44 bits per heavy atom. The van der Waals surface area contributed by atoms with Gasteiger partial charge < -0.3 is 9.84 Å². The molecule has 16 heavy (non-hydrogen) atoms.